The number of ether oxygens (including phenoxy) is 1. The van der Waals surface area contributed by atoms with Crippen LogP contribution in [0, 0.1) is 36.4 Å². The summed E-state index contributed by atoms with van der Waals surface area (Å²) in [6.07, 6.45) is 10.1. The second-order valence-corrected chi connectivity index (χ2v) is 9.20. The summed E-state index contributed by atoms with van der Waals surface area (Å²) in [7, 11) is 0. The Kier molecular flexibility index (Phi) is 7.70. The fourth-order valence-electron chi connectivity index (χ4n) is 5.31. The van der Waals surface area contributed by atoms with Crippen LogP contribution in [-0.2, 0) is 0 Å². The molecule has 3 rings (SSSR count). The molecule has 2 aliphatic rings. The van der Waals surface area contributed by atoms with Crippen molar-refractivity contribution in [2.45, 2.75) is 84.5 Å². The molecular formula is C24H35F3O. The van der Waals surface area contributed by atoms with Gasteiger partial charge in [-0.2, -0.15) is 0 Å². The Bertz CT molecular complexity index is 615. The lowest BCUT2D eigenvalue weighted by Crippen LogP contribution is -2.25. The maximum atomic E-state index is 14.2. The molecule has 2 saturated carbocycles. The van der Waals surface area contributed by atoms with Gasteiger partial charge in [-0.15, -0.1) is 0 Å². The first-order chi connectivity index (χ1) is 13.5. The Morgan fingerprint density at radius 2 is 1.57 bits per heavy atom. The molecule has 0 aromatic heterocycles. The molecule has 4 heteroatoms. The number of alkyl halides is 2. The third kappa shape index (κ3) is 5.45. The van der Waals surface area contributed by atoms with Crippen LogP contribution in [0.2, 0.25) is 0 Å². The van der Waals surface area contributed by atoms with Gasteiger partial charge in [-0.1, -0.05) is 38.7 Å². The predicted octanol–water partition coefficient (Wildman–Crippen LogP) is 7.86. The summed E-state index contributed by atoms with van der Waals surface area (Å²) in [5.41, 5.74) is -0.267. The van der Waals surface area contributed by atoms with E-state index in [2.05, 4.69) is 6.92 Å². The Morgan fingerprint density at radius 3 is 2.18 bits per heavy atom. The van der Waals surface area contributed by atoms with Crippen LogP contribution in [0.1, 0.15) is 88.7 Å². The van der Waals surface area contributed by atoms with Gasteiger partial charge in [0.1, 0.15) is 0 Å². The Labute approximate surface area is 168 Å². The van der Waals surface area contributed by atoms with Gasteiger partial charge in [0.15, 0.2) is 11.6 Å². The highest BCUT2D eigenvalue weighted by Gasteiger charge is 2.29. The molecule has 0 radical (unpaired) electrons. The lowest BCUT2D eigenvalue weighted by atomic mass is 9.69. The second-order valence-electron chi connectivity index (χ2n) is 9.20. The number of rotatable bonds is 7. The highest BCUT2D eigenvalue weighted by Crippen LogP contribution is 2.42. The minimum atomic E-state index is -2.81. The van der Waals surface area contributed by atoms with E-state index in [9.17, 15) is 13.2 Å². The van der Waals surface area contributed by atoms with E-state index in [1.54, 1.807) is 0 Å². The highest BCUT2D eigenvalue weighted by molar-refractivity contribution is 5.37. The third-order valence-electron chi connectivity index (χ3n) is 7.21. The first kappa shape index (κ1) is 21.5. The normalized spacial score (nSPS) is 28.5. The molecule has 0 amide bonds. The summed E-state index contributed by atoms with van der Waals surface area (Å²) in [6, 6.07) is 2.97. The fraction of sp³-hybridized carbons (Fsp3) is 0.750. The largest absolute Gasteiger partial charge is 0.491 e. The van der Waals surface area contributed by atoms with Crippen molar-refractivity contribution in [1.82, 2.24) is 0 Å². The first-order valence-corrected chi connectivity index (χ1v) is 11.2. The molecule has 0 N–H and O–H groups in total. The molecule has 1 aromatic rings. The van der Waals surface area contributed by atoms with Crippen molar-refractivity contribution in [2.24, 2.45) is 23.7 Å². The van der Waals surface area contributed by atoms with Gasteiger partial charge in [0.05, 0.1) is 12.2 Å². The van der Waals surface area contributed by atoms with Crippen molar-refractivity contribution in [2.75, 3.05) is 6.61 Å². The van der Waals surface area contributed by atoms with Crippen molar-refractivity contribution >= 4 is 0 Å². The lowest BCUT2D eigenvalue weighted by molar-refractivity contribution is 0.141. The molecular weight excluding hydrogens is 361 g/mol. The van der Waals surface area contributed by atoms with E-state index in [1.807, 2.05) is 0 Å². The van der Waals surface area contributed by atoms with Crippen LogP contribution in [-0.4, -0.2) is 6.61 Å². The van der Waals surface area contributed by atoms with E-state index in [0.29, 0.717) is 6.61 Å². The van der Waals surface area contributed by atoms with Gasteiger partial charge in [0.2, 0.25) is 0 Å². The summed E-state index contributed by atoms with van der Waals surface area (Å²) in [5.74, 6) is 2.58. The van der Waals surface area contributed by atoms with Crippen LogP contribution in [0.5, 0.6) is 5.75 Å². The molecule has 0 bridgehead atoms. The number of benzene rings is 1. The minimum absolute atomic E-state index is 0.0452. The van der Waals surface area contributed by atoms with Crippen molar-refractivity contribution in [1.29, 1.82) is 0 Å². The average Bonchev–Trinajstić information content (AvgIpc) is 2.67. The quantitative estimate of drug-likeness (QED) is 0.426. The average molecular weight is 397 g/mol. The van der Waals surface area contributed by atoms with E-state index >= 15 is 0 Å². The summed E-state index contributed by atoms with van der Waals surface area (Å²) >= 11 is 0. The summed E-state index contributed by atoms with van der Waals surface area (Å²) < 4.78 is 45.7. The summed E-state index contributed by atoms with van der Waals surface area (Å²) in [4.78, 5) is 0. The molecule has 2 aliphatic carbocycles. The van der Waals surface area contributed by atoms with E-state index in [0.717, 1.165) is 36.5 Å². The molecule has 0 saturated heterocycles. The SMILES string of the molecule is Cc1ccc(OCCCC2CCC(C3CCC(C)CC3)CC2)c(F)c1C(F)F. The topological polar surface area (TPSA) is 9.23 Å². The summed E-state index contributed by atoms with van der Waals surface area (Å²) in [5, 5.41) is 0. The van der Waals surface area contributed by atoms with Gasteiger partial charge in [0, 0.05) is 0 Å². The van der Waals surface area contributed by atoms with Crippen molar-refractivity contribution in [3.05, 3.63) is 29.1 Å². The van der Waals surface area contributed by atoms with Crippen LogP contribution in [0.4, 0.5) is 13.2 Å². The van der Waals surface area contributed by atoms with Gasteiger partial charge >= 0.3 is 0 Å². The Hall–Kier alpha value is -1.19. The molecule has 0 aliphatic heterocycles. The summed E-state index contributed by atoms with van der Waals surface area (Å²) in [6.45, 7) is 4.27. The maximum Gasteiger partial charge on any atom is 0.267 e. The van der Waals surface area contributed by atoms with E-state index in [4.69, 9.17) is 4.74 Å². The second kappa shape index (κ2) is 10.0. The van der Waals surface area contributed by atoms with Crippen LogP contribution in [0.15, 0.2) is 12.1 Å². The molecule has 2 fully saturated rings. The van der Waals surface area contributed by atoms with E-state index in [1.165, 1.54) is 70.4 Å². The predicted molar refractivity (Wildman–Crippen MR) is 107 cm³/mol. The maximum absolute atomic E-state index is 14.2. The standard InChI is InChI=1S/C24H35F3O/c1-16-5-10-19(11-6-16)20-12-8-18(9-13-20)4-3-15-28-21-14-7-17(2)22(23(21)25)24(26)27/h7,14,16,18-20,24H,3-6,8-13,15H2,1-2H3. The van der Waals surface area contributed by atoms with Crippen molar-refractivity contribution in [3.8, 4) is 5.75 Å². The zero-order valence-electron chi connectivity index (χ0n) is 17.4. The van der Waals surface area contributed by atoms with E-state index in [-0.39, 0.29) is 11.3 Å². The van der Waals surface area contributed by atoms with Crippen molar-refractivity contribution in [3.63, 3.8) is 0 Å². The highest BCUT2D eigenvalue weighted by atomic mass is 19.3. The van der Waals surface area contributed by atoms with Gasteiger partial charge in [-0.25, -0.2) is 13.2 Å². The zero-order chi connectivity index (χ0) is 20.1. The van der Waals surface area contributed by atoms with Crippen LogP contribution in [0.25, 0.3) is 0 Å². The molecule has 158 valence electrons. The molecule has 0 heterocycles. The minimum Gasteiger partial charge on any atom is -0.491 e. The van der Waals surface area contributed by atoms with Crippen molar-refractivity contribution < 1.29 is 17.9 Å². The van der Waals surface area contributed by atoms with Gasteiger partial charge < -0.3 is 4.74 Å². The number of aryl methyl sites for hydroxylation is 1. The smallest absolute Gasteiger partial charge is 0.267 e. The van der Waals surface area contributed by atoms with Gasteiger partial charge in [-0.3, -0.25) is 0 Å². The molecule has 1 aromatic carbocycles. The number of halogens is 3. The van der Waals surface area contributed by atoms with Gasteiger partial charge in [-0.05, 0) is 80.8 Å². The molecule has 0 atom stereocenters. The number of hydrogen-bond donors (Lipinski definition) is 0. The fourth-order valence-corrected chi connectivity index (χ4v) is 5.31. The van der Waals surface area contributed by atoms with Crippen LogP contribution < -0.4 is 4.74 Å². The monoisotopic (exact) mass is 396 g/mol. The first-order valence-electron chi connectivity index (χ1n) is 11.2. The van der Waals surface area contributed by atoms with Crippen LogP contribution >= 0.6 is 0 Å². The molecule has 0 spiro atoms. The zero-order valence-corrected chi connectivity index (χ0v) is 17.4. The Morgan fingerprint density at radius 1 is 0.964 bits per heavy atom. The lowest BCUT2D eigenvalue weighted by Gasteiger charge is -2.37. The van der Waals surface area contributed by atoms with Crippen LogP contribution in [0.3, 0.4) is 0 Å². The molecule has 1 nitrogen and oxygen atoms in total. The number of hydrogen-bond acceptors (Lipinski definition) is 1. The van der Waals surface area contributed by atoms with E-state index < -0.39 is 17.8 Å². The molecule has 28 heavy (non-hydrogen) atoms. The van der Waals surface area contributed by atoms with Gasteiger partial charge in [0.25, 0.3) is 6.43 Å². The molecule has 0 unspecified atom stereocenters. The Balaban J connectivity index is 1.37. The third-order valence-corrected chi connectivity index (χ3v) is 7.21.